The number of hydrogen-bond donors (Lipinski definition) is 2. The number of ether oxygens (including phenoxy) is 2. The summed E-state index contributed by atoms with van der Waals surface area (Å²) in [5, 5.41) is 16.0. The maximum absolute atomic E-state index is 12.4. The summed E-state index contributed by atoms with van der Waals surface area (Å²) in [6, 6.07) is 8.70. The lowest BCUT2D eigenvalue weighted by molar-refractivity contribution is -0.384. The lowest BCUT2D eigenvalue weighted by atomic mass is 10.2. The van der Waals surface area contributed by atoms with Gasteiger partial charge in [-0.1, -0.05) is 11.6 Å². The first kappa shape index (κ1) is 20.2. The summed E-state index contributed by atoms with van der Waals surface area (Å²) in [4.78, 5) is 22.0. The molecule has 0 radical (unpaired) electrons. The molecule has 0 aromatic heterocycles. The van der Waals surface area contributed by atoms with E-state index in [4.69, 9.17) is 16.3 Å². The zero-order chi connectivity index (χ0) is 19.8. The lowest BCUT2D eigenvalue weighted by Gasteiger charge is -2.13. The molecule has 144 valence electrons. The number of non-ortho nitro benzene ring substituents is 1. The Morgan fingerprint density at radius 3 is 2.56 bits per heavy atom. The molecule has 0 aliphatic heterocycles. The molecule has 2 aromatic carbocycles. The van der Waals surface area contributed by atoms with Gasteiger partial charge in [0.2, 0.25) is 0 Å². The second-order valence-electron chi connectivity index (χ2n) is 5.00. The van der Waals surface area contributed by atoms with E-state index in [0.717, 1.165) is 18.2 Å². The Labute approximate surface area is 157 Å². The van der Waals surface area contributed by atoms with Crippen LogP contribution in [0, 0.1) is 10.1 Å². The highest BCUT2D eigenvalue weighted by molar-refractivity contribution is 6.30. The van der Waals surface area contributed by atoms with Crippen LogP contribution in [0.25, 0.3) is 0 Å². The van der Waals surface area contributed by atoms with E-state index in [-0.39, 0.29) is 18.8 Å². The molecule has 0 aliphatic carbocycles. The number of urea groups is 1. The molecule has 0 spiro atoms. The number of nitro groups is 1. The molecule has 0 atom stereocenters. The smallest absolute Gasteiger partial charge is 0.387 e. The van der Waals surface area contributed by atoms with Crippen LogP contribution in [0.1, 0.15) is 0 Å². The number of hydrogen-bond acceptors (Lipinski definition) is 5. The Hall–Kier alpha value is -3.14. The number of alkyl halides is 2. The molecule has 0 aliphatic rings. The molecule has 8 nitrogen and oxygen atoms in total. The number of nitrogens with zero attached hydrogens (tertiary/aromatic N) is 1. The average molecular weight is 402 g/mol. The third kappa shape index (κ3) is 6.59. The van der Waals surface area contributed by atoms with Crippen molar-refractivity contribution in [1.82, 2.24) is 5.32 Å². The quantitative estimate of drug-likeness (QED) is 0.394. The van der Waals surface area contributed by atoms with E-state index in [0.29, 0.717) is 10.8 Å². The lowest BCUT2D eigenvalue weighted by Crippen LogP contribution is -2.32. The summed E-state index contributed by atoms with van der Waals surface area (Å²) >= 11 is 5.75. The van der Waals surface area contributed by atoms with Gasteiger partial charge in [-0.3, -0.25) is 10.1 Å². The molecule has 2 amide bonds. The summed E-state index contributed by atoms with van der Waals surface area (Å²) in [5.41, 5.74) is -0.654. The minimum Gasteiger partial charge on any atom is -0.492 e. The highest BCUT2D eigenvalue weighted by Crippen LogP contribution is 2.30. The van der Waals surface area contributed by atoms with E-state index >= 15 is 0 Å². The zero-order valence-corrected chi connectivity index (χ0v) is 14.4. The monoisotopic (exact) mass is 401 g/mol. The molecule has 0 saturated carbocycles. The van der Waals surface area contributed by atoms with Gasteiger partial charge in [-0.25, -0.2) is 4.79 Å². The van der Waals surface area contributed by atoms with E-state index in [2.05, 4.69) is 15.4 Å². The van der Waals surface area contributed by atoms with Crippen LogP contribution in [0.3, 0.4) is 0 Å². The van der Waals surface area contributed by atoms with Crippen LogP contribution in [0.5, 0.6) is 11.5 Å². The van der Waals surface area contributed by atoms with Crippen molar-refractivity contribution in [2.24, 2.45) is 0 Å². The van der Waals surface area contributed by atoms with Crippen molar-refractivity contribution in [2.45, 2.75) is 6.61 Å². The number of nitro benzene ring substituents is 1. The minimum atomic E-state index is -3.15. The summed E-state index contributed by atoms with van der Waals surface area (Å²) in [7, 11) is 0. The summed E-state index contributed by atoms with van der Waals surface area (Å²) < 4.78 is 34.5. The fourth-order valence-electron chi connectivity index (χ4n) is 1.96. The van der Waals surface area contributed by atoms with Crippen LogP contribution in [0.15, 0.2) is 42.5 Å². The van der Waals surface area contributed by atoms with Gasteiger partial charge in [0.1, 0.15) is 18.1 Å². The fraction of sp³-hybridized carbons (Fsp3) is 0.188. The van der Waals surface area contributed by atoms with E-state index in [1.807, 2.05) is 0 Å². The first-order valence-electron chi connectivity index (χ1n) is 7.51. The van der Waals surface area contributed by atoms with E-state index in [1.165, 1.54) is 0 Å². The Balaban J connectivity index is 1.90. The highest BCUT2D eigenvalue weighted by atomic mass is 35.5. The third-order valence-electron chi connectivity index (χ3n) is 3.11. The Morgan fingerprint density at radius 2 is 1.93 bits per heavy atom. The zero-order valence-electron chi connectivity index (χ0n) is 13.7. The van der Waals surface area contributed by atoms with Crippen LogP contribution >= 0.6 is 11.6 Å². The summed E-state index contributed by atoms with van der Waals surface area (Å²) in [6.07, 6.45) is 0. The first-order valence-corrected chi connectivity index (χ1v) is 7.89. The number of amides is 2. The van der Waals surface area contributed by atoms with Crippen molar-refractivity contribution in [3.05, 3.63) is 57.6 Å². The highest BCUT2D eigenvalue weighted by Gasteiger charge is 2.16. The van der Waals surface area contributed by atoms with E-state index in [9.17, 15) is 23.7 Å². The summed E-state index contributed by atoms with van der Waals surface area (Å²) in [5.74, 6) is 0.149. The predicted octanol–water partition coefficient (Wildman–Crippen LogP) is 4.05. The van der Waals surface area contributed by atoms with Crippen LogP contribution < -0.4 is 20.1 Å². The second-order valence-corrected chi connectivity index (χ2v) is 5.44. The molecule has 0 heterocycles. The fourth-order valence-corrected chi connectivity index (χ4v) is 2.08. The molecule has 2 N–H and O–H groups in total. The van der Waals surface area contributed by atoms with Gasteiger partial charge in [-0.15, -0.1) is 0 Å². The SMILES string of the molecule is O=C(NCCOc1ccc(Cl)cc1)Nc1cc([N+](=O)[O-])ccc1OC(F)F. The van der Waals surface area contributed by atoms with Crippen LogP contribution in [-0.2, 0) is 0 Å². The van der Waals surface area contributed by atoms with Crippen molar-refractivity contribution in [1.29, 1.82) is 0 Å². The number of rotatable bonds is 8. The number of halogens is 3. The number of carbonyl (C=O) groups excluding carboxylic acids is 1. The topological polar surface area (TPSA) is 103 Å². The predicted molar refractivity (Wildman–Crippen MR) is 93.7 cm³/mol. The molecular weight excluding hydrogens is 388 g/mol. The number of carbonyl (C=O) groups is 1. The first-order chi connectivity index (χ1) is 12.8. The standard InChI is InChI=1S/C16H14ClF2N3O5/c17-10-1-4-12(5-2-10)26-8-7-20-16(23)21-13-9-11(22(24)25)3-6-14(13)27-15(18)19/h1-6,9,15H,7-8H2,(H2,20,21,23). The van der Waals surface area contributed by atoms with Gasteiger partial charge in [0.05, 0.1) is 17.2 Å². The van der Waals surface area contributed by atoms with Gasteiger partial charge in [0.15, 0.2) is 0 Å². The van der Waals surface area contributed by atoms with Gasteiger partial charge in [-0.05, 0) is 30.3 Å². The average Bonchev–Trinajstić information content (AvgIpc) is 2.61. The molecule has 0 unspecified atom stereocenters. The van der Waals surface area contributed by atoms with Crippen molar-refractivity contribution < 1.29 is 28.0 Å². The maximum Gasteiger partial charge on any atom is 0.387 e. The number of anilines is 1. The van der Waals surface area contributed by atoms with E-state index in [1.54, 1.807) is 24.3 Å². The molecule has 2 aromatic rings. The van der Waals surface area contributed by atoms with Gasteiger partial charge in [-0.2, -0.15) is 8.78 Å². The summed E-state index contributed by atoms with van der Waals surface area (Å²) in [6.45, 7) is -2.93. The minimum absolute atomic E-state index is 0.0917. The Kier molecular flexibility index (Phi) is 7.12. The molecule has 0 fully saturated rings. The molecule has 2 rings (SSSR count). The van der Waals surface area contributed by atoms with Gasteiger partial charge in [0, 0.05) is 17.2 Å². The van der Waals surface area contributed by atoms with Crippen molar-refractivity contribution in [2.75, 3.05) is 18.5 Å². The van der Waals surface area contributed by atoms with Crippen LogP contribution in [-0.4, -0.2) is 30.7 Å². The molecule has 0 saturated heterocycles. The second kappa shape index (κ2) is 9.53. The number of benzene rings is 2. The number of nitrogens with one attached hydrogen (secondary N) is 2. The van der Waals surface area contributed by atoms with Crippen molar-refractivity contribution in [3.63, 3.8) is 0 Å². The molecular formula is C16H14ClF2N3O5. The van der Waals surface area contributed by atoms with Crippen molar-refractivity contribution in [3.8, 4) is 11.5 Å². The van der Waals surface area contributed by atoms with Crippen LogP contribution in [0.4, 0.5) is 25.0 Å². The normalized spacial score (nSPS) is 10.4. The van der Waals surface area contributed by atoms with Gasteiger partial charge in [0.25, 0.3) is 5.69 Å². The molecule has 0 bridgehead atoms. The van der Waals surface area contributed by atoms with Crippen LogP contribution in [0.2, 0.25) is 5.02 Å². The molecule has 27 heavy (non-hydrogen) atoms. The van der Waals surface area contributed by atoms with Crippen molar-refractivity contribution >= 4 is 29.0 Å². The Bertz CT molecular complexity index is 805. The Morgan fingerprint density at radius 1 is 1.22 bits per heavy atom. The maximum atomic E-state index is 12.4. The largest absolute Gasteiger partial charge is 0.492 e. The van der Waals surface area contributed by atoms with Gasteiger partial charge >= 0.3 is 12.6 Å². The molecule has 11 heteroatoms. The third-order valence-corrected chi connectivity index (χ3v) is 3.36. The van der Waals surface area contributed by atoms with E-state index < -0.39 is 29.0 Å². The van der Waals surface area contributed by atoms with Gasteiger partial charge < -0.3 is 20.1 Å².